The van der Waals surface area contributed by atoms with Crippen molar-refractivity contribution in [1.82, 2.24) is 19.3 Å². The molecule has 4 aromatic rings. The number of ether oxygens (including phenoxy) is 1. The molecule has 1 amide bonds. The SMILES string of the molecule is O=C(O)c1cccc(-c2cn3ccnc3c(Nc3ccc(C(=O)N4CCOCC4)cc3)n2)c1. The summed E-state index contributed by atoms with van der Waals surface area (Å²) in [7, 11) is 0. The molecule has 1 saturated heterocycles. The monoisotopic (exact) mass is 443 g/mol. The molecule has 166 valence electrons. The molecule has 2 aromatic carbocycles. The van der Waals surface area contributed by atoms with Crippen LogP contribution in [0.3, 0.4) is 0 Å². The number of imidazole rings is 1. The number of aromatic carboxylic acids is 1. The minimum Gasteiger partial charge on any atom is -0.478 e. The number of hydrogen-bond donors (Lipinski definition) is 2. The number of nitrogens with one attached hydrogen (secondary N) is 1. The van der Waals surface area contributed by atoms with Crippen molar-refractivity contribution in [2.75, 3.05) is 31.6 Å². The van der Waals surface area contributed by atoms with Gasteiger partial charge in [-0.2, -0.15) is 0 Å². The average molecular weight is 443 g/mol. The van der Waals surface area contributed by atoms with Gasteiger partial charge < -0.3 is 24.5 Å². The molecule has 1 aliphatic rings. The summed E-state index contributed by atoms with van der Waals surface area (Å²) in [5.74, 6) is -0.491. The first-order valence-corrected chi connectivity index (χ1v) is 10.5. The van der Waals surface area contributed by atoms with E-state index in [-0.39, 0.29) is 11.5 Å². The molecular weight excluding hydrogens is 422 g/mol. The van der Waals surface area contributed by atoms with E-state index in [9.17, 15) is 14.7 Å². The molecule has 1 aliphatic heterocycles. The van der Waals surface area contributed by atoms with Crippen LogP contribution in [0.15, 0.2) is 67.1 Å². The third-order valence-electron chi connectivity index (χ3n) is 5.47. The maximum Gasteiger partial charge on any atom is 0.335 e. The lowest BCUT2D eigenvalue weighted by Crippen LogP contribution is -2.40. The van der Waals surface area contributed by atoms with E-state index in [1.807, 2.05) is 22.6 Å². The molecule has 2 N–H and O–H groups in total. The van der Waals surface area contributed by atoms with Crippen molar-refractivity contribution in [1.29, 1.82) is 0 Å². The topological polar surface area (TPSA) is 109 Å². The van der Waals surface area contributed by atoms with E-state index in [1.165, 1.54) is 0 Å². The molecule has 0 radical (unpaired) electrons. The van der Waals surface area contributed by atoms with Gasteiger partial charge in [-0.05, 0) is 36.4 Å². The van der Waals surface area contributed by atoms with Crippen LogP contribution in [0.1, 0.15) is 20.7 Å². The Morgan fingerprint density at radius 1 is 1.03 bits per heavy atom. The molecule has 3 heterocycles. The maximum atomic E-state index is 12.7. The molecule has 0 bridgehead atoms. The Morgan fingerprint density at radius 3 is 2.58 bits per heavy atom. The predicted octanol–water partition coefficient (Wildman–Crippen LogP) is 3.31. The second-order valence-corrected chi connectivity index (χ2v) is 7.63. The van der Waals surface area contributed by atoms with Crippen LogP contribution in [-0.4, -0.2) is 62.6 Å². The summed E-state index contributed by atoms with van der Waals surface area (Å²) in [5.41, 5.74) is 3.46. The molecule has 1 fully saturated rings. The molecule has 0 spiro atoms. The lowest BCUT2D eigenvalue weighted by atomic mass is 10.1. The van der Waals surface area contributed by atoms with Gasteiger partial charge in [0.25, 0.3) is 5.91 Å². The van der Waals surface area contributed by atoms with Crippen molar-refractivity contribution in [2.45, 2.75) is 0 Å². The van der Waals surface area contributed by atoms with Crippen LogP contribution in [0.25, 0.3) is 16.9 Å². The van der Waals surface area contributed by atoms with Gasteiger partial charge in [-0.1, -0.05) is 12.1 Å². The number of nitrogens with zero attached hydrogens (tertiary/aromatic N) is 4. The molecule has 5 rings (SSSR count). The van der Waals surface area contributed by atoms with Crippen molar-refractivity contribution in [3.8, 4) is 11.3 Å². The van der Waals surface area contributed by atoms with Gasteiger partial charge in [0.2, 0.25) is 0 Å². The van der Waals surface area contributed by atoms with E-state index in [0.29, 0.717) is 54.6 Å². The molecule has 2 aromatic heterocycles. The van der Waals surface area contributed by atoms with Gasteiger partial charge in [-0.15, -0.1) is 0 Å². The number of morpholine rings is 1. The fourth-order valence-electron chi connectivity index (χ4n) is 3.75. The van der Waals surface area contributed by atoms with Gasteiger partial charge in [0.05, 0.1) is 24.5 Å². The van der Waals surface area contributed by atoms with E-state index in [1.54, 1.807) is 53.8 Å². The van der Waals surface area contributed by atoms with Gasteiger partial charge in [-0.25, -0.2) is 14.8 Å². The number of carboxylic acids is 1. The number of fused-ring (bicyclic) bond motifs is 1. The standard InChI is InChI=1S/C24H21N5O4/c30-23(28-10-12-33-13-11-28)16-4-6-19(7-5-16)26-21-22-25-8-9-29(22)15-20(27-21)17-2-1-3-18(14-17)24(31)32/h1-9,14-15H,10-13H2,(H,26,27)(H,31,32). The van der Waals surface area contributed by atoms with Gasteiger partial charge >= 0.3 is 5.97 Å². The number of carboxylic acid groups (broad SMARTS) is 1. The number of rotatable bonds is 5. The zero-order valence-corrected chi connectivity index (χ0v) is 17.6. The normalized spacial score (nSPS) is 13.8. The summed E-state index contributed by atoms with van der Waals surface area (Å²) in [6, 6.07) is 13.8. The summed E-state index contributed by atoms with van der Waals surface area (Å²) in [6.07, 6.45) is 5.28. The first-order chi connectivity index (χ1) is 16.1. The molecule has 0 unspecified atom stereocenters. The number of anilines is 2. The van der Waals surface area contributed by atoms with E-state index >= 15 is 0 Å². The van der Waals surface area contributed by atoms with Crippen LogP contribution in [0.5, 0.6) is 0 Å². The highest BCUT2D eigenvalue weighted by Gasteiger charge is 2.18. The second-order valence-electron chi connectivity index (χ2n) is 7.63. The quantitative estimate of drug-likeness (QED) is 0.487. The minimum atomic E-state index is -0.995. The zero-order chi connectivity index (χ0) is 22.8. The zero-order valence-electron chi connectivity index (χ0n) is 17.6. The van der Waals surface area contributed by atoms with Crippen LogP contribution in [0, 0.1) is 0 Å². The van der Waals surface area contributed by atoms with E-state index in [0.717, 1.165) is 5.69 Å². The lowest BCUT2D eigenvalue weighted by Gasteiger charge is -2.26. The largest absolute Gasteiger partial charge is 0.478 e. The second kappa shape index (κ2) is 8.71. The minimum absolute atomic E-state index is 0.0149. The lowest BCUT2D eigenvalue weighted by molar-refractivity contribution is 0.0303. The van der Waals surface area contributed by atoms with Crippen LogP contribution >= 0.6 is 0 Å². The fraction of sp³-hybridized carbons (Fsp3) is 0.167. The highest BCUT2D eigenvalue weighted by Crippen LogP contribution is 2.25. The summed E-state index contributed by atoms with van der Waals surface area (Å²) in [5, 5.41) is 12.6. The molecule has 0 aliphatic carbocycles. The van der Waals surface area contributed by atoms with Gasteiger partial charge in [-0.3, -0.25) is 4.79 Å². The number of amides is 1. The number of carbonyl (C=O) groups is 2. The van der Waals surface area contributed by atoms with Gasteiger partial charge in [0, 0.05) is 48.5 Å². The van der Waals surface area contributed by atoms with Crippen molar-refractivity contribution < 1.29 is 19.4 Å². The average Bonchev–Trinajstić information content (AvgIpc) is 3.34. The summed E-state index contributed by atoms with van der Waals surface area (Å²) in [6.45, 7) is 2.30. The van der Waals surface area contributed by atoms with Crippen LogP contribution < -0.4 is 5.32 Å². The fourth-order valence-corrected chi connectivity index (χ4v) is 3.75. The van der Waals surface area contributed by atoms with Crippen molar-refractivity contribution in [3.05, 3.63) is 78.2 Å². The Bertz CT molecular complexity index is 1330. The van der Waals surface area contributed by atoms with Gasteiger partial charge in [0.1, 0.15) is 0 Å². The van der Waals surface area contributed by atoms with Crippen molar-refractivity contribution >= 4 is 29.0 Å². The molecule has 0 saturated carbocycles. The van der Waals surface area contributed by atoms with Crippen LogP contribution in [-0.2, 0) is 4.74 Å². The number of hydrogen-bond acceptors (Lipinski definition) is 6. The molecule has 9 nitrogen and oxygen atoms in total. The first kappa shape index (κ1) is 20.7. The first-order valence-electron chi connectivity index (χ1n) is 10.5. The van der Waals surface area contributed by atoms with E-state index in [2.05, 4.69) is 10.3 Å². The molecule has 9 heteroatoms. The summed E-state index contributed by atoms with van der Waals surface area (Å²) < 4.78 is 7.14. The number of aromatic nitrogens is 3. The third kappa shape index (κ3) is 4.26. The van der Waals surface area contributed by atoms with E-state index in [4.69, 9.17) is 9.72 Å². The Balaban J connectivity index is 1.43. The van der Waals surface area contributed by atoms with Crippen LogP contribution in [0.4, 0.5) is 11.5 Å². The van der Waals surface area contributed by atoms with Crippen LogP contribution in [0.2, 0.25) is 0 Å². The number of carbonyl (C=O) groups excluding carboxylic acids is 1. The highest BCUT2D eigenvalue weighted by molar-refractivity contribution is 5.94. The van der Waals surface area contributed by atoms with Crippen molar-refractivity contribution in [3.63, 3.8) is 0 Å². The Morgan fingerprint density at radius 2 is 1.82 bits per heavy atom. The number of benzene rings is 2. The smallest absolute Gasteiger partial charge is 0.335 e. The van der Waals surface area contributed by atoms with Gasteiger partial charge in [0.15, 0.2) is 11.5 Å². The Hall–Kier alpha value is -4.24. The molecule has 0 atom stereocenters. The molecular formula is C24H21N5O4. The van der Waals surface area contributed by atoms with Crippen molar-refractivity contribution in [2.24, 2.45) is 0 Å². The predicted molar refractivity (Wildman–Crippen MR) is 122 cm³/mol. The Labute approximate surface area is 189 Å². The van der Waals surface area contributed by atoms with E-state index < -0.39 is 5.97 Å². The summed E-state index contributed by atoms with van der Waals surface area (Å²) >= 11 is 0. The Kier molecular flexibility index (Phi) is 5.45. The summed E-state index contributed by atoms with van der Waals surface area (Å²) in [4.78, 5) is 34.9. The third-order valence-corrected chi connectivity index (χ3v) is 5.47. The highest BCUT2D eigenvalue weighted by atomic mass is 16.5. The molecule has 33 heavy (non-hydrogen) atoms. The maximum absolute atomic E-state index is 12.7.